The number of aliphatic hydroxyl groups excluding tert-OH is 1. The molecule has 1 aliphatic heterocycles. The summed E-state index contributed by atoms with van der Waals surface area (Å²) in [5.74, 6) is -1.17. The fourth-order valence-electron chi connectivity index (χ4n) is 2.61. The van der Waals surface area contributed by atoms with Gasteiger partial charge in [-0.2, -0.15) is 0 Å². The van der Waals surface area contributed by atoms with Crippen molar-refractivity contribution in [3.63, 3.8) is 0 Å². The Morgan fingerprint density at radius 3 is 2.48 bits per heavy atom. The van der Waals surface area contributed by atoms with Crippen molar-refractivity contribution in [3.8, 4) is 0 Å². The van der Waals surface area contributed by atoms with Crippen LogP contribution in [-0.2, 0) is 0 Å². The van der Waals surface area contributed by atoms with Crippen LogP contribution in [0.4, 0.5) is 14.6 Å². The highest BCUT2D eigenvalue weighted by Crippen LogP contribution is 2.25. The molecule has 1 aliphatic rings. The summed E-state index contributed by atoms with van der Waals surface area (Å²) in [5, 5.41) is 9.47. The van der Waals surface area contributed by atoms with E-state index in [0.717, 1.165) is 38.3 Å². The van der Waals surface area contributed by atoms with E-state index in [1.54, 1.807) is 0 Å². The zero-order chi connectivity index (χ0) is 14.8. The van der Waals surface area contributed by atoms with Crippen LogP contribution in [0.25, 0.3) is 10.9 Å². The average Bonchev–Trinajstić information content (AvgIpc) is 2.49. The zero-order valence-electron chi connectivity index (χ0n) is 11.5. The van der Waals surface area contributed by atoms with E-state index in [9.17, 15) is 8.78 Å². The van der Waals surface area contributed by atoms with Crippen molar-refractivity contribution in [3.05, 3.63) is 30.1 Å². The summed E-state index contributed by atoms with van der Waals surface area (Å²) in [7, 11) is 0. The summed E-state index contributed by atoms with van der Waals surface area (Å²) < 4.78 is 26.8. The third-order valence-corrected chi connectivity index (χ3v) is 3.74. The van der Waals surface area contributed by atoms with E-state index in [1.165, 1.54) is 6.33 Å². The number of β-amino-alcohol motifs (C(OH)–C–C–N with tert-alkyl or cyclic N) is 1. The lowest BCUT2D eigenvalue weighted by molar-refractivity contribution is 0.188. The van der Waals surface area contributed by atoms with Gasteiger partial charge in [0.25, 0.3) is 0 Å². The molecule has 0 unspecified atom stereocenters. The highest BCUT2D eigenvalue weighted by molar-refractivity contribution is 5.89. The van der Waals surface area contributed by atoms with Gasteiger partial charge in [-0.15, -0.1) is 0 Å². The molecule has 0 atom stereocenters. The van der Waals surface area contributed by atoms with Crippen molar-refractivity contribution in [1.29, 1.82) is 0 Å². The topological polar surface area (TPSA) is 52.5 Å². The largest absolute Gasteiger partial charge is 0.395 e. The predicted molar refractivity (Wildman–Crippen MR) is 75.2 cm³/mol. The van der Waals surface area contributed by atoms with Gasteiger partial charge in [0.1, 0.15) is 12.1 Å². The lowest BCUT2D eigenvalue weighted by Gasteiger charge is -2.35. The number of aromatic nitrogens is 2. The third-order valence-electron chi connectivity index (χ3n) is 3.74. The second-order valence-electron chi connectivity index (χ2n) is 5.03. The molecule has 2 aromatic rings. The van der Waals surface area contributed by atoms with Gasteiger partial charge in [-0.25, -0.2) is 18.7 Å². The number of fused-ring (bicyclic) bond motifs is 1. The second kappa shape index (κ2) is 5.87. The van der Waals surface area contributed by atoms with Gasteiger partial charge in [0.15, 0.2) is 11.6 Å². The van der Waals surface area contributed by atoms with Gasteiger partial charge < -0.3 is 10.0 Å². The molecule has 21 heavy (non-hydrogen) atoms. The Balaban J connectivity index is 1.89. The highest BCUT2D eigenvalue weighted by atomic mass is 19.2. The number of halogens is 2. The minimum absolute atomic E-state index is 0.140. The standard InChI is InChI=1S/C14H16F2N4O/c15-11-7-10-13(8-12(11)16)17-9-18-14(10)20-3-1-19(2-4-20)5-6-21/h7-9,21H,1-6H2. The van der Waals surface area contributed by atoms with Crippen molar-refractivity contribution < 1.29 is 13.9 Å². The lowest BCUT2D eigenvalue weighted by atomic mass is 10.2. The van der Waals surface area contributed by atoms with Gasteiger partial charge in [-0.3, -0.25) is 4.90 Å². The SMILES string of the molecule is OCCN1CCN(c2ncnc3cc(F)c(F)cc23)CC1. The van der Waals surface area contributed by atoms with Gasteiger partial charge in [0.05, 0.1) is 12.1 Å². The lowest BCUT2D eigenvalue weighted by Crippen LogP contribution is -2.47. The molecule has 0 radical (unpaired) electrons. The number of anilines is 1. The number of rotatable bonds is 3. The first-order chi connectivity index (χ1) is 10.2. The van der Waals surface area contributed by atoms with Crippen LogP contribution in [-0.4, -0.2) is 59.3 Å². The predicted octanol–water partition coefficient (Wildman–Crippen LogP) is 1.02. The molecular formula is C14H16F2N4O. The number of aliphatic hydroxyl groups is 1. The molecule has 112 valence electrons. The Morgan fingerprint density at radius 2 is 1.76 bits per heavy atom. The van der Waals surface area contributed by atoms with Crippen molar-refractivity contribution in [2.45, 2.75) is 0 Å². The summed E-state index contributed by atoms with van der Waals surface area (Å²) in [6, 6.07) is 2.25. The van der Waals surface area contributed by atoms with Gasteiger partial charge in [-0.1, -0.05) is 0 Å². The average molecular weight is 294 g/mol. The van der Waals surface area contributed by atoms with Crippen LogP contribution in [0.2, 0.25) is 0 Å². The summed E-state index contributed by atoms with van der Waals surface area (Å²) >= 11 is 0. The molecule has 7 heteroatoms. The number of benzene rings is 1. The van der Waals surface area contributed by atoms with Gasteiger partial charge >= 0.3 is 0 Å². The van der Waals surface area contributed by atoms with E-state index in [2.05, 4.69) is 14.9 Å². The minimum Gasteiger partial charge on any atom is -0.395 e. The molecule has 0 spiro atoms. The van der Waals surface area contributed by atoms with E-state index in [1.807, 2.05) is 4.90 Å². The van der Waals surface area contributed by atoms with Crippen LogP contribution in [0.15, 0.2) is 18.5 Å². The van der Waals surface area contributed by atoms with Crippen LogP contribution < -0.4 is 4.90 Å². The monoisotopic (exact) mass is 294 g/mol. The van der Waals surface area contributed by atoms with Crippen LogP contribution in [0.5, 0.6) is 0 Å². The molecule has 0 saturated carbocycles. The molecule has 1 aromatic carbocycles. The van der Waals surface area contributed by atoms with E-state index in [-0.39, 0.29) is 6.61 Å². The Labute approximate surface area is 120 Å². The molecule has 5 nitrogen and oxygen atoms in total. The Hall–Kier alpha value is -1.86. The number of hydrogen-bond donors (Lipinski definition) is 1. The number of nitrogens with zero attached hydrogens (tertiary/aromatic N) is 4. The first-order valence-corrected chi connectivity index (χ1v) is 6.87. The molecule has 0 bridgehead atoms. The molecule has 1 fully saturated rings. The van der Waals surface area contributed by atoms with E-state index >= 15 is 0 Å². The quantitative estimate of drug-likeness (QED) is 0.916. The Kier molecular flexibility index (Phi) is 3.94. The van der Waals surface area contributed by atoms with Crippen molar-refractivity contribution in [1.82, 2.24) is 14.9 Å². The Bertz CT molecular complexity index is 644. The molecule has 2 heterocycles. The van der Waals surface area contributed by atoms with Crippen LogP contribution in [0.1, 0.15) is 0 Å². The Morgan fingerprint density at radius 1 is 1.05 bits per heavy atom. The molecule has 1 aromatic heterocycles. The summed E-state index contributed by atoms with van der Waals surface area (Å²) in [6.45, 7) is 3.85. The van der Waals surface area contributed by atoms with Crippen molar-refractivity contribution in [2.24, 2.45) is 0 Å². The fraction of sp³-hybridized carbons (Fsp3) is 0.429. The molecule has 3 rings (SSSR count). The first-order valence-electron chi connectivity index (χ1n) is 6.87. The molecule has 1 saturated heterocycles. The maximum Gasteiger partial charge on any atom is 0.161 e. The van der Waals surface area contributed by atoms with Crippen LogP contribution in [0.3, 0.4) is 0 Å². The zero-order valence-corrected chi connectivity index (χ0v) is 11.5. The second-order valence-corrected chi connectivity index (χ2v) is 5.03. The smallest absolute Gasteiger partial charge is 0.161 e. The molecule has 1 N–H and O–H groups in total. The number of hydrogen-bond acceptors (Lipinski definition) is 5. The van der Waals surface area contributed by atoms with Crippen molar-refractivity contribution >= 4 is 16.7 Å². The summed E-state index contributed by atoms with van der Waals surface area (Å²) in [6.07, 6.45) is 1.37. The van der Waals surface area contributed by atoms with E-state index < -0.39 is 11.6 Å². The molecular weight excluding hydrogens is 278 g/mol. The highest BCUT2D eigenvalue weighted by Gasteiger charge is 2.20. The van der Waals surface area contributed by atoms with Gasteiger partial charge in [-0.05, 0) is 6.07 Å². The number of piperazine rings is 1. The fourth-order valence-corrected chi connectivity index (χ4v) is 2.61. The normalized spacial score (nSPS) is 16.6. The minimum atomic E-state index is -0.903. The molecule has 0 aliphatic carbocycles. The van der Waals surface area contributed by atoms with Crippen LogP contribution in [0, 0.1) is 11.6 Å². The van der Waals surface area contributed by atoms with Crippen molar-refractivity contribution in [2.75, 3.05) is 44.2 Å². The maximum atomic E-state index is 13.5. The maximum absolute atomic E-state index is 13.5. The molecule has 0 amide bonds. The first kappa shape index (κ1) is 14.1. The van der Waals surface area contributed by atoms with Gasteiger partial charge in [0.2, 0.25) is 0 Å². The summed E-state index contributed by atoms with van der Waals surface area (Å²) in [5.41, 5.74) is 0.400. The van der Waals surface area contributed by atoms with E-state index in [0.29, 0.717) is 23.3 Å². The van der Waals surface area contributed by atoms with Gasteiger partial charge in [0, 0.05) is 44.2 Å². The van der Waals surface area contributed by atoms with Crippen LogP contribution >= 0.6 is 0 Å². The van der Waals surface area contributed by atoms with E-state index in [4.69, 9.17) is 5.11 Å². The summed E-state index contributed by atoms with van der Waals surface area (Å²) in [4.78, 5) is 12.4. The third kappa shape index (κ3) is 2.79.